The molecule has 0 atom stereocenters. The number of hydrogen-bond donors (Lipinski definition) is 0. The lowest BCUT2D eigenvalue weighted by molar-refractivity contribution is 0.944. The van der Waals surface area contributed by atoms with E-state index in [-0.39, 0.29) is 5.28 Å². The normalized spacial score (nSPS) is 10.9. The van der Waals surface area contributed by atoms with Crippen LogP contribution in [0.1, 0.15) is 0 Å². The van der Waals surface area contributed by atoms with Crippen molar-refractivity contribution in [1.29, 1.82) is 0 Å². The van der Waals surface area contributed by atoms with E-state index in [1.807, 2.05) is 54.2 Å². The molecule has 0 saturated carbocycles. The van der Waals surface area contributed by atoms with Gasteiger partial charge in [-0.15, -0.1) is 0 Å². The van der Waals surface area contributed by atoms with Gasteiger partial charge in [0.05, 0.1) is 5.69 Å². The van der Waals surface area contributed by atoms with Crippen molar-refractivity contribution in [3.63, 3.8) is 0 Å². The van der Waals surface area contributed by atoms with Crippen LogP contribution in [0.5, 0.6) is 0 Å². The van der Waals surface area contributed by atoms with Crippen molar-refractivity contribution < 1.29 is 0 Å². The van der Waals surface area contributed by atoms with Gasteiger partial charge >= 0.3 is 0 Å². The van der Waals surface area contributed by atoms with Crippen LogP contribution in [0.3, 0.4) is 0 Å². The Kier molecular flexibility index (Phi) is 2.34. The van der Waals surface area contributed by atoms with Crippen LogP contribution >= 0.6 is 11.6 Å². The Morgan fingerprint density at radius 1 is 1.06 bits per heavy atom. The molecule has 0 fully saturated rings. The zero-order valence-corrected chi connectivity index (χ0v) is 10.0. The van der Waals surface area contributed by atoms with Gasteiger partial charge in [-0.25, -0.2) is 4.98 Å². The molecule has 0 saturated heterocycles. The Hall–Kier alpha value is -1.87. The maximum absolute atomic E-state index is 5.97. The van der Waals surface area contributed by atoms with Crippen LogP contribution < -0.4 is 0 Å². The third kappa shape index (κ3) is 1.68. The van der Waals surface area contributed by atoms with E-state index in [4.69, 9.17) is 11.6 Å². The molecule has 0 unspecified atom stereocenters. The molecule has 17 heavy (non-hydrogen) atoms. The summed E-state index contributed by atoms with van der Waals surface area (Å²) in [4.78, 5) is 8.56. The molecular weight excluding hydrogens is 234 g/mol. The molecule has 84 valence electrons. The second-order valence-electron chi connectivity index (χ2n) is 3.87. The Balaban J connectivity index is 2.36. The average molecular weight is 244 g/mol. The largest absolute Gasteiger partial charge is 0.335 e. The van der Waals surface area contributed by atoms with Gasteiger partial charge in [-0.1, -0.05) is 30.3 Å². The minimum atomic E-state index is 0.276. The summed E-state index contributed by atoms with van der Waals surface area (Å²) in [7, 11) is 1.94. The SMILES string of the molecule is Cn1ccc2c(-c3ccccc3)nc(Cl)nc21. The van der Waals surface area contributed by atoms with Gasteiger partial charge in [0.15, 0.2) is 0 Å². The first-order chi connectivity index (χ1) is 8.25. The zero-order chi connectivity index (χ0) is 11.8. The van der Waals surface area contributed by atoms with E-state index >= 15 is 0 Å². The van der Waals surface area contributed by atoms with Crippen LogP contribution in [0.15, 0.2) is 42.6 Å². The van der Waals surface area contributed by atoms with Crippen molar-refractivity contribution in [3.05, 3.63) is 47.9 Å². The summed E-state index contributed by atoms with van der Waals surface area (Å²) < 4.78 is 1.94. The van der Waals surface area contributed by atoms with E-state index in [1.54, 1.807) is 0 Å². The lowest BCUT2D eigenvalue weighted by Crippen LogP contribution is -1.93. The molecule has 0 aliphatic rings. The molecule has 0 spiro atoms. The summed E-state index contributed by atoms with van der Waals surface area (Å²) in [6, 6.07) is 12.0. The van der Waals surface area contributed by atoms with Crippen LogP contribution in [-0.2, 0) is 7.05 Å². The number of aryl methyl sites for hydroxylation is 1. The second kappa shape index (κ2) is 3.86. The highest BCUT2D eigenvalue weighted by Gasteiger charge is 2.10. The minimum Gasteiger partial charge on any atom is -0.335 e. The summed E-state index contributed by atoms with van der Waals surface area (Å²) in [5, 5.41) is 1.29. The molecule has 0 aliphatic carbocycles. The molecule has 3 aromatic rings. The molecule has 0 radical (unpaired) electrons. The fraction of sp³-hybridized carbons (Fsp3) is 0.0769. The lowest BCUT2D eigenvalue weighted by Gasteiger charge is -2.03. The van der Waals surface area contributed by atoms with Crippen LogP contribution in [0.4, 0.5) is 0 Å². The Morgan fingerprint density at radius 2 is 1.82 bits per heavy atom. The fourth-order valence-corrected chi connectivity index (χ4v) is 2.09. The predicted molar refractivity (Wildman–Crippen MR) is 69.0 cm³/mol. The maximum atomic E-state index is 5.97. The minimum absolute atomic E-state index is 0.276. The molecule has 3 nitrogen and oxygen atoms in total. The molecule has 0 aliphatic heterocycles. The monoisotopic (exact) mass is 243 g/mol. The number of hydrogen-bond acceptors (Lipinski definition) is 2. The molecule has 2 heterocycles. The van der Waals surface area contributed by atoms with Crippen molar-refractivity contribution in [3.8, 4) is 11.3 Å². The second-order valence-corrected chi connectivity index (χ2v) is 4.21. The fourth-order valence-electron chi connectivity index (χ4n) is 1.93. The maximum Gasteiger partial charge on any atom is 0.224 e. The molecule has 0 bridgehead atoms. The van der Waals surface area contributed by atoms with Crippen molar-refractivity contribution in [2.24, 2.45) is 7.05 Å². The molecule has 3 rings (SSSR count). The van der Waals surface area contributed by atoms with Crippen LogP contribution in [0.25, 0.3) is 22.3 Å². The first-order valence-electron chi connectivity index (χ1n) is 5.30. The molecule has 4 heteroatoms. The molecule has 0 amide bonds. The first-order valence-corrected chi connectivity index (χ1v) is 5.67. The highest BCUT2D eigenvalue weighted by molar-refractivity contribution is 6.28. The van der Waals surface area contributed by atoms with Gasteiger partial charge in [-0.2, -0.15) is 4.98 Å². The first kappa shape index (κ1) is 10.3. The number of rotatable bonds is 1. The molecule has 2 aromatic heterocycles. The van der Waals surface area contributed by atoms with E-state index in [9.17, 15) is 0 Å². The van der Waals surface area contributed by atoms with Crippen LogP contribution in [-0.4, -0.2) is 14.5 Å². The lowest BCUT2D eigenvalue weighted by atomic mass is 10.1. The van der Waals surface area contributed by atoms with Gasteiger partial charge in [0.25, 0.3) is 0 Å². The van der Waals surface area contributed by atoms with Gasteiger partial charge in [-0.05, 0) is 17.7 Å². The topological polar surface area (TPSA) is 30.7 Å². The standard InChI is InChI=1S/C13H10ClN3/c1-17-8-7-10-11(9-5-3-2-4-6-9)15-13(14)16-12(10)17/h2-8H,1H3. The highest BCUT2D eigenvalue weighted by Crippen LogP contribution is 2.27. The van der Waals surface area contributed by atoms with Crippen LogP contribution in [0, 0.1) is 0 Å². The van der Waals surface area contributed by atoms with E-state index in [0.29, 0.717) is 0 Å². The average Bonchev–Trinajstić information content (AvgIpc) is 2.72. The predicted octanol–water partition coefficient (Wildman–Crippen LogP) is 3.29. The smallest absolute Gasteiger partial charge is 0.224 e. The number of benzene rings is 1. The summed E-state index contributed by atoms with van der Waals surface area (Å²) in [5.41, 5.74) is 2.78. The van der Waals surface area contributed by atoms with Gasteiger partial charge in [0.1, 0.15) is 5.65 Å². The third-order valence-corrected chi connectivity index (χ3v) is 2.91. The Morgan fingerprint density at radius 3 is 2.59 bits per heavy atom. The summed E-state index contributed by atoms with van der Waals surface area (Å²) in [6.45, 7) is 0. The Bertz CT molecular complexity index is 674. The number of aromatic nitrogens is 3. The van der Waals surface area contributed by atoms with E-state index in [1.165, 1.54) is 0 Å². The van der Waals surface area contributed by atoms with Crippen molar-refractivity contribution >= 4 is 22.6 Å². The number of halogens is 1. The highest BCUT2D eigenvalue weighted by atomic mass is 35.5. The Labute approximate surface area is 104 Å². The van der Waals surface area contributed by atoms with E-state index < -0.39 is 0 Å². The van der Waals surface area contributed by atoms with Gasteiger partial charge in [-0.3, -0.25) is 0 Å². The van der Waals surface area contributed by atoms with E-state index in [0.717, 1.165) is 22.3 Å². The van der Waals surface area contributed by atoms with Crippen molar-refractivity contribution in [1.82, 2.24) is 14.5 Å². The van der Waals surface area contributed by atoms with Gasteiger partial charge < -0.3 is 4.57 Å². The third-order valence-electron chi connectivity index (χ3n) is 2.74. The van der Waals surface area contributed by atoms with Crippen molar-refractivity contribution in [2.75, 3.05) is 0 Å². The zero-order valence-electron chi connectivity index (χ0n) is 9.26. The van der Waals surface area contributed by atoms with E-state index in [2.05, 4.69) is 9.97 Å². The van der Waals surface area contributed by atoms with Crippen molar-refractivity contribution in [2.45, 2.75) is 0 Å². The number of fused-ring (bicyclic) bond motifs is 1. The number of nitrogens with zero attached hydrogens (tertiary/aromatic N) is 3. The van der Waals surface area contributed by atoms with Crippen LogP contribution in [0.2, 0.25) is 5.28 Å². The molecule has 1 aromatic carbocycles. The van der Waals surface area contributed by atoms with Gasteiger partial charge in [0, 0.05) is 24.2 Å². The summed E-state index contributed by atoms with van der Waals surface area (Å²) in [5.74, 6) is 0. The quantitative estimate of drug-likeness (QED) is 0.614. The summed E-state index contributed by atoms with van der Waals surface area (Å²) in [6.07, 6.45) is 1.96. The molecule has 0 N–H and O–H groups in total. The summed E-state index contributed by atoms with van der Waals surface area (Å²) >= 11 is 5.97. The molecular formula is C13H10ClN3. The van der Waals surface area contributed by atoms with Gasteiger partial charge in [0.2, 0.25) is 5.28 Å².